The Morgan fingerprint density at radius 3 is 1.98 bits per heavy atom. The number of anilines is 2. The molecule has 1 aliphatic heterocycles. The Morgan fingerprint density at radius 2 is 1.33 bits per heavy atom. The van der Waals surface area contributed by atoms with Gasteiger partial charge in [0.25, 0.3) is 0 Å². The lowest BCUT2D eigenvalue weighted by Gasteiger charge is -2.40. The molecule has 0 aromatic heterocycles. The van der Waals surface area contributed by atoms with Crippen LogP contribution in [0.2, 0.25) is 0 Å². The molecule has 220 valence electrons. The topological polar surface area (TPSA) is 27.0 Å². The number of fused-ring (bicyclic) bond motifs is 3. The van der Waals surface area contributed by atoms with Crippen molar-refractivity contribution in [3.8, 4) is 6.07 Å². The van der Waals surface area contributed by atoms with Crippen LogP contribution in [0.15, 0.2) is 180 Å². The summed E-state index contributed by atoms with van der Waals surface area (Å²) in [5, 5.41) is 15.4. The van der Waals surface area contributed by atoms with Crippen LogP contribution < -0.4 is 15.3 Å². The van der Waals surface area contributed by atoms with E-state index in [0.29, 0.717) is 5.56 Å². The highest BCUT2D eigenvalue weighted by molar-refractivity contribution is 7.13. The SMILES string of the molecule is N#Cc1ccc2c(c1)C1C=CC([Si](C3=CCCC(c4ccccc4)=C3)(c3ccccc3)c3ccccc3)=CC1N2c1ccccc1. The summed E-state index contributed by atoms with van der Waals surface area (Å²) in [6, 6.07) is 52.7. The van der Waals surface area contributed by atoms with Crippen LogP contribution in [0, 0.1) is 11.3 Å². The van der Waals surface area contributed by atoms with Gasteiger partial charge < -0.3 is 4.90 Å². The molecule has 0 spiro atoms. The summed E-state index contributed by atoms with van der Waals surface area (Å²) in [6.45, 7) is 0. The Labute approximate surface area is 272 Å². The van der Waals surface area contributed by atoms with E-state index in [2.05, 4.69) is 175 Å². The number of allylic oxidation sites excluding steroid dienone is 6. The molecular weight excluding hydrogens is 573 g/mol. The maximum Gasteiger partial charge on any atom is 0.179 e. The Bertz CT molecular complexity index is 2010. The molecule has 0 amide bonds. The Balaban J connectivity index is 1.38. The average Bonchev–Trinajstić information content (AvgIpc) is 3.47. The molecule has 0 saturated carbocycles. The quantitative estimate of drug-likeness (QED) is 0.181. The molecule has 0 bridgehead atoms. The number of hydrogen-bond donors (Lipinski definition) is 0. The number of hydrogen-bond acceptors (Lipinski definition) is 2. The lowest BCUT2D eigenvalue weighted by molar-refractivity contribution is 0.742. The summed E-state index contributed by atoms with van der Waals surface area (Å²) in [6.07, 6.45) is 14.5. The van der Waals surface area contributed by atoms with Gasteiger partial charge in [0.05, 0.1) is 17.7 Å². The summed E-state index contributed by atoms with van der Waals surface area (Å²) in [5.74, 6) is 0.154. The standard InChI is InChI=1S/C43H34N2Si/c44-31-32-24-27-42-41(28-32)40-26-25-39(30-43(40)45(42)35-17-7-2-8-18-35)46(36-19-9-3-10-20-36,37-21-11-4-12-22-37)38-23-13-16-34(29-38)33-14-5-1-6-15-33/h1-12,14-15,17-30,40,43H,13,16H2. The van der Waals surface area contributed by atoms with Gasteiger partial charge >= 0.3 is 0 Å². The maximum absolute atomic E-state index is 9.80. The largest absolute Gasteiger partial charge is 0.333 e. The second-order valence-electron chi connectivity index (χ2n) is 12.3. The minimum absolute atomic E-state index is 0.0902. The second-order valence-corrected chi connectivity index (χ2v) is 16.1. The zero-order valence-electron chi connectivity index (χ0n) is 25.6. The molecule has 5 aromatic carbocycles. The molecule has 0 fully saturated rings. The van der Waals surface area contributed by atoms with Crippen LogP contribution >= 0.6 is 0 Å². The van der Waals surface area contributed by atoms with Crippen molar-refractivity contribution in [1.29, 1.82) is 5.26 Å². The van der Waals surface area contributed by atoms with E-state index < -0.39 is 8.07 Å². The maximum atomic E-state index is 9.80. The molecule has 0 radical (unpaired) electrons. The van der Waals surface area contributed by atoms with Crippen LogP contribution in [0.3, 0.4) is 0 Å². The molecule has 1 heterocycles. The molecule has 2 nitrogen and oxygen atoms in total. The van der Waals surface area contributed by atoms with Crippen molar-refractivity contribution in [3.05, 3.63) is 197 Å². The average molecular weight is 607 g/mol. The fourth-order valence-corrected chi connectivity index (χ4v) is 12.8. The van der Waals surface area contributed by atoms with Crippen molar-refractivity contribution in [2.45, 2.75) is 24.8 Å². The monoisotopic (exact) mass is 606 g/mol. The van der Waals surface area contributed by atoms with E-state index in [9.17, 15) is 5.26 Å². The van der Waals surface area contributed by atoms with Gasteiger partial charge in [-0.15, -0.1) is 0 Å². The normalized spacial score (nSPS) is 18.5. The fraction of sp³-hybridized carbons (Fsp3) is 0.0930. The third kappa shape index (κ3) is 4.62. The van der Waals surface area contributed by atoms with Gasteiger partial charge in [0.2, 0.25) is 0 Å². The van der Waals surface area contributed by atoms with Crippen molar-refractivity contribution in [3.63, 3.8) is 0 Å². The number of benzene rings is 5. The smallest absolute Gasteiger partial charge is 0.179 e. The van der Waals surface area contributed by atoms with E-state index in [4.69, 9.17) is 0 Å². The van der Waals surface area contributed by atoms with E-state index in [-0.39, 0.29) is 12.0 Å². The summed E-state index contributed by atoms with van der Waals surface area (Å²) in [7, 11) is -2.75. The molecule has 8 rings (SSSR count). The number of nitriles is 1. The molecular formula is C43H34N2Si. The molecule has 2 atom stereocenters. The first-order valence-electron chi connectivity index (χ1n) is 16.1. The third-order valence-electron chi connectivity index (χ3n) is 9.84. The van der Waals surface area contributed by atoms with Gasteiger partial charge in [-0.25, -0.2) is 0 Å². The number of rotatable bonds is 6. The van der Waals surface area contributed by atoms with Crippen LogP contribution in [-0.2, 0) is 0 Å². The highest BCUT2D eigenvalue weighted by atomic mass is 28.3. The summed E-state index contributed by atoms with van der Waals surface area (Å²) < 4.78 is 0. The zero-order chi connectivity index (χ0) is 30.9. The van der Waals surface area contributed by atoms with Gasteiger partial charge in [-0.2, -0.15) is 5.26 Å². The summed E-state index contributed by atoms with van der Waals surface area (Å²) >= 11 is 0. The van der Waals surface area contributed by atoms with Gasteiger partial charge in [0.1, 0.15) is 0 Å². The van der Waals surface area contributed by atoms with Gasteiger partial charge in [0, 0.05) is 17.3 Å². The Morgan fingerprint density at radius 1 is 0.696 bits per heavy atom. The second kappa shape index (κ2) is 11.8. The lowest BCUT2D eigenvalue weighted by Crippen LogP contribution is -2.62. The first kappa shape index (κ1) is 28.1. The van der Waals surface area contributed by atoms with Crippen molar-refractivity contribution in [1.82, 2.24) is 0 Å². The van der Waals surface area contributed by atoms with Crippen LogP contribution in [0.25, 0.3) is 5.57 Å². The minimum Gasteiger partial charge on any atom is -0.333 e. The first-order chi connectivity index (χ1) is 22.8. The van der Waals surface area contributed by atoms with Crippen molar-refractivity contribution in [2.75, 3.05) is 4.90 Å². The van der Waals surface area contributed by atoms with Crippen LogP contribution in [-0.4, -0.2) is 14.1 Å². The molecule has 5 aromatic rings. The number of nitrogens with zero attached hydrogens (tertiary/aromatic N) is 2. The summed E-state index contributed by atoms with van der Waals surface area (Å²) in [4.78, 5) is 2.49. The number of para-hydroxylation sites is 1. The van der Waals surface area contributed by atoms with Gasteiger partial charge in [-0.1, -0.05) is 140 Å². The predicted molar refractivity (Wildman–Crippen MR) is 193 cm³/mol. The predicted octanol–water partition coefficient (Wildman–Crippen LogP) is 8.80. The van der Waals surface area contributed by atoms with Crippen molar-refractivity contribution < 1.29 is 0 Å². The van der Waals surface area contributed by atoms with Crippen LogP contribution in [0.1, 0.15) is 35.4 Å². The van der Waals surface area contributed by atoms with E-state index in [0.717, 1.165) is 12.8 Å². The molecule has 2 aliphatic carbocycles. The fourth-order valence-electron chi connectivity index (χ4n) is 7.83. The molecule has 0 N–H and O–H groups in total. The summed E-state index contributed by atoms with van der Waals surface area (Å²) in [5.41, 5.74) is 6.98. The molecule has 3 heteroatoms. The Hall–Kier alpha value is -5.43. The highest BCUT2D eigenvalue weighted by Gasteiger charge is 2.47. The van der Waals surface area contributed by atoms with Gasteiger partial charge in [0.15, 0.2) is 8.07 Å². The van der Waals surface area contributed by atoms with Crippen molar-refractivity contribution in [2.24, 2.45) is 0 Å². The molecule has 2 unspecified atom stereocenters. The van der Waals surface area contributed by atoms with E-state index in [1.807, 2.05) is 6.07 Å². The molecule has 0 saturated heterocycles. The Kier molecular flexibility index (Phi) is 7.21. The van der Waals surface area contributed by atoms with E-state index in [1.165, 1.54) is 48.8 Å². The zero-order valence-corrected chi connectivity index (χ0v) is 26.6. The minimum atomic E-state index is -2.75. The highest BCUT2D eigenvalue weighted by Crippen LogP contribution is 2.49. The van der Waals surface area contributed by atoms with Crippen LogP contribution in [0.5, 0.6) is 0 Å². The van der Waals surface area contributed by atoms with E-state index in [1.54, 1.807) is 0 Å². The van der Waals surface area contributed by atoms with Crippen molar-refractivity contribution >= 4 is 35.4 Å². The lowest BCUT2D eigenvalue weighted by atomic mass is 9.90. The first-order valence-corrected chi connectivity index (χ1v) is 18.1. The van der Waals surface area contributed by atoms with E-state index >= 15 is 0 Å². The van der Waals surface area contributed by atoms with Crippen LogP contribution in [0.4, 0.5) is 11.4 Å². The molecule has 3 aliphatic rings. The third-order valence-corrected chi connectivity index (χ3v) is 14.7. The van der Waals surface area contributed by atoms with Gasteiger partial charge in [-0.3, -0.25) is 0 Å². The van der Waals surface area contributed by atoms with Gasteiger partial charge in [-0.05, 0) is 80.6 Å². The molecule has 46 heavy (non-hydrogen) atoms.